The van der Waals surface area contributed by atoms with E-state index in [1.54, 1.807) is 14.2 Å². The third-order valence-corrected chi connectivity index (χ3v) is 5.34. The minimum atomic E-state index is -1.84. The van der Waals surface area contributed by atoms with Crippen molar-refractivity contribution >= 4 is 16.6 Å². The van der Waals surface area contributed by atoms with E-state index < -0.39 is 29.0 Å². The molecule has 1 rings (SSSR count). The lowest BCUT2D eigenvalue weighted by Gasteiger charge is -2.46. The van der Waals surface area contributed by atoms with Gasteiger partial charge in [0.05, 0.1) is 6.61 Å². The van der Waals surface area contributed by atoms with Crippen molar-refractivity contribution in [1.29, 1.82) is 0 Å². The van der Waals surface area contributed by atoms with E-state index in [0.717, 1.165) is 0 Å². The van der Waals surface area contributed by atoms with Crippen LogP contribution in [0.5, 0.6) is 0 Å². The van der Waals surface area contributed by atoms with Gasteiger partial charge in [-0.05, 0) is 39.3 Å². The number of ether oxygens (including phenoxy) is 3. The zero-order valence-electron chi connectivity index (χ0n) is 15.1. The van der Waals surface area contributed by atoms with Gasteiger partial charge in [-0.1, -0.05) is 0 Å². The van der Waals surface area contributed by atoms with Gasteiger partial charge < -0.3 is 28.2 Å². The van der Waals surface area contributed by atoms with Crippen LogP contribution in [0.1, 0.15) is 0 Å². The van der Waals surface area contributed by atoms with Gasteiger partial charge in [0.2, 0.25) is 0 Å². The first-order valence-electron chi connectivity index (χ1n) is 7.69. The van der Waals surface area contributed by atoms with E-state index in [9.17, 15) is 5.11 Å². The number of aliphatic hydroxyl groups excluding tert-OH is 1. The first-order chi connectivity index (χ1) is 9.98. The molecule has 1 aliphatic rings. The summed E-state index contributed by atoms with van der Waals surface area (Å²) >= 11 is 0. The van der Waals surface area contributed by atoms with Crippen LogP contribution in [0.25, 0.3) is 0 Å². The zero-order chi connectivity index (χ0) is 17.1. The standard InChI is InChI=1S/C14H32O6Si2/c1-16-11-10(9-18-21(3,4)5)19-14(15)13(17-2)12(11)20-22(6,7)8/h10-15H,9H2,1-8H3/t10-,11-,12+,13-,14?/m0/s1. The molecule has 1 unspecified atom stereocenters. The Morgan fingerprint density at radius 2 is 1.41 bits per heavy atom. The Morgan fingerprint density at radius 1 is 0.864 bits per heavy atom. The Bertz CT molecular complexity index is 341. The van der Waals surface area contributed by atoms with Crippen molar-refractivity contribution in [1.82, 2.24) is 0 Å². The number of hydrogen-bond acceptors (Lipinski definition) is 6. The quantitative estimate of drug-likeness (QED) is 0.705. The molecule has 132 valence electrons. The van der Waals surface area contributed by atoms with E-state index in [-0.39, 0.29) is 18.3 Å². The van der Waals surface area contributed by atoms with Crippen LogP contribution >= 0.6 is 0 Å². The van der Waals surface area contributed by atoms with E-state index in [4.69, 9.17) is 23.1 Å². The second-order valence-electron chi connectivity index (χ2n) is 7.58. The molecule has 8 heteroatoms. The topological polar surface area (TPSA) is 66.4 Å². The summed E-state index contributed by atoms with van der Waals surface area (Å²) in [5, 5.41) is 10.2. The van der Waals surface area contributed by atoms with Crippen molar-refractivity contribution in [3.05, 3.63) is 0 Å². The van der Waals surface area contributed by atoms with Crippen molar-refractivity contribution in [2.45, 2.75) is 70.0 Å². The Hall–Kier alpha value is 0.194. The molecule has 0 saturated carbocycles. The van der Waals surface area contributed by atoms with E-state index in [0.29, 0.717) is 6.61 Å². The molecule has 0 aromatic rings. The molecular weight excluding hydrogens is 320 g/mol. The SMILES string of the molecule is CO[C@@H]1[C@@H](O[Si](C)(C)C)[C@H](OC)C(O)O[C@H]1CO[Si](C)(C)C. The molecule has 5 atom stereocenters. The monoisotopic (exact) mass is 352 g/mol. The summed E-state index contributed by atoms with van der Waals surface area (Å²) in [6.07, 6.45) is -2.70. The van der Waals surface area contributed by atoms with Gasteiger partial charge in [0, 0.05) is 14.2 Å². The molecule has 0 spiro atoms. The van der Waals surface area contributed by atoms with E-state index >= 15 is 0 Å². The number of aliphatic hydroxyl groups is 1. The molecule has 6 nitrogen and oxygen atoms in total. The number of methoxy groups -OCH3 is 2. The fourth-order valence-corrected chi connectivity index (χ4v) is 4.19. The van der Waals surface area contributed by atoms with Crippen LogP contribution in [0.3, 0.4) is 0 Å². The third kappa shape index (κ3) is 6.01. The van der Waals surface area contributed by atoms with Gasteiger partial charge in [0.1, 0.15) is 24.4 Å². The molecule has 1 N–H and O–H groups in total. The van der Waals surface area contributed by atoms with Gasteiger partial charge in [-0.2, -0.15) is 0 Å². The maximum absolute atomic E-state index is 10.2. The Balaban J connectivity index is 2.91. The van der Waals surface area contributed by atoms with Gasteiger partial charge in [-0.25, -0.2) is 0 Å². The smallest absolute Gasteiger partial charge is 0.184 e. The Kier molecular flexibility index (Phi) is 7.22. The van der Waals surface area contributed by atoms with Crippen LogP contribution in [0, 0.1) is 0 Å². The summed E-state index contributed by atoms with van der Waals surface area (Å²) in [6, 6.07) is 0. The fourth-order valence-electron chi connectivity index (χ4n) is 2.44. The molecule has 1 fully saturated rings. The minimum absolute atomic E-state index is 0.337. The van der Waals surface area contributed by atoms with Gasteiger partial charge in [0.25, 0.3) is 0 Å². The predicted octanol–water partition coefficient (Wildman–Crippen LogP) is 1.81. The van der Waals surface area contributed by atoms with Crippen LogP contribution in [0.4, 0.5) is 0 Å². The van der Waals surface area contributed by atoms with Crippen molar-refractivity contribution in [3.8, 4) is 0 Å². The molecule has 0 bridgehead atoms. The highest BCUT2D eigenvalue weighted by atomic mass is 28.4. The maximum atomic E-state index is 10.2. The fraction of sp³-hybridized carbons (Fsp3) is 1.00. The van der Waals surface area contributed by atoms with Crippen LogP contribution in [0.2, 0.25) is 39.3 Å². The second-order valence-corrected chi connectivity index (χ2v) is 16.6. The van der Waals surface area contributed by atoms with Crippen LogP contribution in [-0.2, 0) is 23.1 Å². The molecular formula is C14H32O6Si2. The molecule has 0 aliphatic carbocycles. The van der Waals surface area contributed by atoms with Crippen molar-refractivity contribution < 1.29 is 28.2 Å². The third-order valence-electron chi connectivity index (χ3n) is 3.32. The number of hydrogen-bond donors (Lipinski definition) is 1. The van der Waals surface area contributed by atoms with Crippen LogP contribution < -0.4 is 0 Å². The van der Waals surface area contributed by atoms with Gasteiger partial charge in [-0.15, -0.1) is 0 Å². The second kappa shape index (κ2) is 7.84. The van der Waals surface area contributed by atoms with E-state index in [2.05, 4.69) is 39.3 Å². The summed E-state index contributed by atoms with van der Waals surface area (Å²) in [5.74, 6) is 0. The zero-order valence-corrected chi connectivity index (χ0v) is 17.1. The average molecular weight is 353 g/mol. The van der Waals surface area contributed by atoms with Crippen molar-refractivity contribution in [2.24, 2.45) is 0 Å². The minimum Gasteiger partial charge on any atom is -0.415 e. The summed E-state index contributed by atoms with van der Waals surface area (Å²) < 4.78 is 28.9. The van der Waals surface area contributed by atoms with Crippen molar-refractivity contribution in [3.63, 3.8) is 0 Å². The lowest BCUT2D eigenvalue weighted by molar-refractivity contribution is -0.291. The van der Waals surface area contributed by atoms with E-state index in [1.807, 2.05) is 0 Å². The average Bonchev–Trinajstić information content (AvgIpc) is 2.33. The maximum Gasteiger partial charge on any atom is 0.184 e. The summed E-state index contributed by atoms with van der Waals surface area (Å²) in [5.41, 5.74) is 0. The highest BCUT2D eigenvalue weighted by Crippen LogP contribution is 2.29. The molecule has 1 aliphatic heterocycles. The van der Waals surface area contributed by atoms with Crippen LogP contribution in [0.15, 0.2) is 0 Å². The summed E-state index contributed by atoms with van der Waals surface area (Å²) in [7, 11) is -0.348. The van der Waals surface area contributed by atoms with Crippen LogP contribution in [-0.4, -0.2) is 73.3 Å². The summed E-state index contributed by atoms with van der Waals surface area (Å²) in [4.78, 5) is 0. The number of rotatable bonds is 7. The highest BCUT2D eigenvalue weighted by molar-refractivity contribution is 6.70. The first-order valence-corrected chi connectivity index (χ1v) is 14.5. The van der Waals surface area contributed by atoms with Gasteiger partial charge in [-0.3, -0.25) is 0 Å². The molecule has 0 radical (unpaired) electrons. The summed E-state index contributed by atoms with van der Waals surface area (Å²) in [6.45, 7) is 13.0. The molecule has 0 aromatic carbocycles. The predicted molar refractivity (Wildman–Crippen MR) is 90.0 cm³/mol. The normalized spacial score (nSPS) is 34.0. The molecule has 1 heterocycles. The van der Waals surface area contributed by atoms with E-state index in [1.165, 1.54) is 0 Å². The molecule has 0 aromatic heterocycles. The lowest BCUT2D eigenvalue weighted by atomic mass is 9.99. The first kappa shape index (κ1) is 20.2. The highest BCUT2D eigenvalue weighted by Gasteiger charge is 2.48. The molecule has 22 heavy (non-hydrogen) atoms. The molecule has 0 amide bonds. The van der Waals surface area contributed by atoms with Gasteiger partial charge in [0.15, 0.2) is 22.9 Å². The largest absolute Gasteiger partial charge is 0.415 e. The molecule has 1 saturated heterocycles. The van der Waals surface area contributed by atoms with Crippen molar-refractivity contribution in [2.75, 3.05) is 20.8 Å². The lowest BCUT2D eigenvalue weighted by Crippen LogP contribution is -2.63. The Labute approximate surface area is 136 Å². The van der Waals surface area contributed by atoms with Gasteiger partial charge >= 0.3 is 0 Å². The Morgan fingerprint density at radius 3 is 1.82 bits per heavy atom.